The highest BCUT2D eigenvalue weighted by Crippen LogP contribution is 2.37. The summed E-state index contributed by atoms with van der Waals surface area (Å²) in [7, 11) is 0. The first kappa shape index (κ1) is 15.1. The predicted molar refractivity (Wildman–Crippen MR) is 88.9 cm³/mol. The van der Waals surface area contributed by atoms with Crippen LogP contribution in [0.3, 0.4) is 0 Å². The van der Waals surface area contributed by atoms with Crippen molar-refractivity contribution in [3.8, 4) is 0 Å². The lowest BCUT2D eigenvalue weighted by Gasteiger charge is -2.27. The summed E-state index contributed by atoms with van der Waals surface area (Å²) < 4.78 is 0. The molecule has 2 aliphatic rings. The molecule has 2 nitrogen and oxygen atoms in total. The number of hydrogen-bond acceptors (Lipinski definition) is 2. The lowest BCUT2D eigenvalue weighted by Crippen LogP contribution is -2.29. The van der Waals surface area contributed by atoms with Gasteiger partial charge in [-0.05, 0) is 42.2 Å². The lowest BCUT2D eigenvalue weighted by atomic mass is 9.79. The van der Waals surface area contributed by atoms with Gasteiger partial charge in [0, 0.05) is 6.04 Å². The molecular weight excluding hydrogens is 256 g/mol. The van der Waals surface area contributed by atoms with Crippen LogP contribution in [0, 0.1) is 5.92 Å². The van der Waals surface area contributed by atoms with E-state index < -0.39 is 0 Å². The molecule has 0 radical (unpaired) electrons. The van der Waals surface area contributed by atoms with E-state index in [1.807, 2.05) is 0 Å². The molecule has 1 unspecified atom stereocenters. The van der Waals surface area contributed by atoms with E-state index in [9.17, 15) is 0 Å². The van der Waals surface area contributed by atoms with Gasteiger partial charge >= 0.3 is 0 Å². The standard InChI is InChI=1S/C19H30N2/c20-21-19(14-15-6-3-1-2-4-7-15)18-12-10-17(11-13-18)16-8-5-9-16/h10-13,15-16,19,21H,1-9,14,20H2. The van der Waals surface area contributed by atoms with Crippen LogP contribution in [0.15, 0.2) is 24.3 Å². The third kappa shape index (κ3) is 3.87. The van der Waals surface area contributed by atoms with E-state index in [0.717, 1.165) is 11.8 Å². The molecule has 3 rings (SSSR count). The van der Waals surface area contributed by atoms with Crippen LogP contribution in [0.1, 0.15) is 87.3 Å². The predicted octanol–water partition coefficient (Wildman–Crippen LogP) is 4.82. The van der Waals surface area contributed by atoms with Crippen LogP contribution in [-0.4, -0.2) is 0 Å². The number of nitrogens with two attached hydrogens (primary N) is 1. The normalized spacial score (nSPS) is 22.5. The van der Waals surface area contributed by atoms with Gasteiger partial charge in [0.2, 0.25) is 0 Å². The summed E-state index contributed by atoms with van der Waals surface area (Å²) in [5, 5.41) is 0. The van der Waals surface area contributed by atoms with Crippen molar-refractivity contribution in [3.63, 3.8) is 0 Å². The van der Waals surface area contributed by atoms with Gasteiger partial charge < -0.3 is 0 Å². The fourth-order valence-electron chi connectivity index (χ4n) is 3.98. The van der Waals surface area contributed by atoms with Gasteiger partial charge in [-0.2, -0.15) is 0 Å². The van der Waals surface area contributed by atoms with E-state index in [2.05, 4.69) is 29.7 Å². The summed E-state index contributed by atoms with van der Waals surface area (Å²) in [5.41, 5.74) is 5.95. The van der Waals surface area contributed by atoms with E-state index in [0.29, 0.717) is 6.04 Å². The minimum Gasteiger partial charge on any atom is -0.271 e. The minimum absolute atomic E-state index is 0.323. The number of benzene rings is 1. The zero-order valence-electron chi connectivity index (χ0n) is 13.2. The van der Waals surface area contributed by atoms with Gasteiger partial charge in [-0.1, -0.05) is 69.2 Å². The first-order chi connectivity index (χ1) is 10.4. The summed E-state index contributed by atoms with van der Waals surface area (Å²) in [6.45, 7) is 0. The molecule has 1 aromatic rings. The van der Waals surface area contributed by atoms with E-state index in [1.54, 1.807) is 0 Å². The first-order valence-corrected chi connectivity index (χ1v) is 8.93. The molecule has 1 atom stereocenters. The second kappa shape index (κ2) is 7.42. The largest absolute Gasteiger partial charge is 0.271 e. The van der Waals surface area contributed by atoms with Crippen LogP contribution in [0.4, 0.5) is 0 Å². The quantitative estimate of drug-likeness (QED) is 0.463. The molecule has 1 aromatic carbocycles. The number of rotatable bonds is 5. The summed E-state index contributed by atoms with van der Waals surface area (Å²) in [6, 6.07) is 9.58. The summed E-state index contributed by atoms with van der Waals surface area (Å²) in [5.74, 6) is 7.52. The lowest BCUT2D eigenvalue weighted by molar-refractivity contribution is 0.359. The zero-order valence-corrected chi connectivity index (χ0v) is 13.2. The van der Waals surface area contributed by atoms with Crippen LogP contribution in [-0.2, 0) is 0 Å². The fraction of sp³-hybridized carbons (Fsp3) is 0.684. The molecule has 2 fully saturated rings. The summed E-state index contributed by atoms with van der Waals surface area (Å²) in [6.07, 6.45) is 13.8. The molecule has 0 spiro atoms. The topological polar surface area (TPSA) is 38.0 Å². The Hall–Kier alpha value is -0.860. The van der Waals surface area contributed by atoms with Crippen molar-refractivity contribution in [3.05, 3.63) is 35.4 Å². The molecular formula is C19H30N2. The average Bonchev–Trinajstić information content (AvgIpc) is 2.72. The highest BCUT2D eigenvalue weighted by molar-refractivity contribution is 5.28. The van der Waals surface area contributed by atoms with Crippen molar-refractivity contribution >= 4 is 0 Å². The average molecular weight is 286 g/mol. The van der Waals surface area contributed by atoms with Crippen molar-refractivity contribution in [1.82, 2.24) is 5.43 Å². The Bertz CT molecular complexity index is 414. The minimum atomic E-state index is 0.323. The molecule has 116 valence electrons. The monoisotopic (exact) mass is 286 g/mol. The molecule has 0 heterocycles. The zero-order chi connectivity index (χ0) is 14.5. The number of nitrogens with one attached hydrogen (secondary N) is 1. The third-order valence-corrected chi connectivity index (χ3v) is 5.66. The Labute approximate surface area is 129 Å². The maximum atomic E-state index is 5.85. The van der Waals surface area contributed by atoms with Crippen molar-refractivity contribution < 1.29 is 0 Å². The van der Waals surface area contributed by atoms with Crippen LogP contribution in [0.2, 0.25) is 0 Å². The second-order valence-electron chi connectivity index (χ2n) is 7.11. The Kier molecular flexibility index (Phi) is 5.32. The Morgan fingerprint density at radius 3 is 2.10 bits per heavy atom. The second-order valence-corrected chi connectivity index (χ2v) is 7.11. The SMILES string of the molecule is NNC(CC1CCCCCC1)c1ccc(C2CCC2)cc1. The molecule has 2 heteroatoms. The van der Waals surface area contributed by atoms with E-state index in [1.165, 1.54) is 75.3 Å². The van der Waals surface area contributed by atoms with Gasteiger partial charge in [0.25, 0.3) is 0 Å². The Balaban J connectivity index is 1.61. The molecule has 21 heavy (non-hydrogen) atoms. The van der Waals surface area contributed by atoms with Crippen molar-refractivity contribution in [2.24, 2.45) is 11.8 Å². The van der Waals surface area contributed by atoms with Gasteiger partial charge in [0.05, 0.1) is 0 Å². The highest BCUT2D eigenvalue weighted by atomic mass is 15.2. The highest BCUT2D eigenvalue weighted by Gasteiger charge is 2.21. The van der Waals surface area contributed by atoms with Crippen molar-refractivity contribution in [2.45, 2.75) is 76.2 Å². The Morgan fingerprint density at radius 1 is 0.905 bits per heavy atom. The van der Waals surface area contributed by atoms with Crippen molar-refractivity contribution in [2.75, 3.05) is 0 Å². The number of hydrogen-bond donors (Lipinski definition) is 2. The van der Waals surface area contributed by atoms with Gasteiger partial charge in [-0.25, -0.2) is 0 Å². The first-order valence-electron chi connectivity index (χ1n) is 8.93. The molecule has 0 saturated heterocycles. The molecule has 3 N–H and O–H groups in total. The molecule has 2 aliphatic carbocycles. The van der Waals surface area contributed by atoms with Crippen LogP contribution in [0.5, 0.6) is 0 Å². The molecule has 0 aliphatic heterocycles. The molecule has 0 aromatic heterocycles. The maximum Gasteiger partial charge on any atom is 0.0462 e. The number of hydrazine groups is 1. The van der Waals surface area contributed by atoms with Gasteiger partial charge in [0.15, 0.2) is 0 Å². The summed E-state index contributed by atoms with van der Waals surface area (Å²) >= 11 is 0. The Morgan fingerprint density at radius 2 is 1.57 bits per heavy atom. The maximum absolute atomic E-state index is 5.85. The van der Waals surface area contributed by atoms with E-state index in [4.69, 9.17) is 5.84 Å². The van der Waals surface area contributed by atoms with Gasteiger partial charge in [-0.3, -0.25) is 11.3 Å². The fourth-order valence-corrected chi connectivity index (χ4v) is 3.98. The third-order valence-electron chi connectivity index (χ3n) is 5.66. The van der Waals surface area contributed by atoms with E-state index in [-0.39, 0.29) is 0 Å². The van der Waals surface area contributed by atoms with Gasteiger partial charge in [0.1, 0.15) is 0 Å². The van der Waals surface area contributed by atoms with Crippen LogP contribution in [0.25, 0.3) is 0 Å². The summed E-state index contributed by atoms with van der Waals surface area (Å²) in [4.78, 5) is 0. The van der Waals surface area contributed by atoms with Crippen molar-refractivity contribution in [1.29, 1.82) is 0 Å². The van der Waals surface area contributed by atoms with E-state index >= 15 is 0 Å². The van der Waals surface area contributed by atoms with Crippen LogP contribution >= 0.6 is 0 Å². The molecule has 0 amide bonds. The van der Waals surface area contributed by atoms with Crippen LogP contribution < -0.4 is 11.3 Å². The van der Waals surface area contributed by atoms with Gasteiger partial charge in [-0.15, -0.1) is 0 Å². The molecule has 2 saturated carbocycles. The smallest absolute Gasteiger partial charge is 0.0462 e. The molecule has 0 bridgehead atoms.